The van der Waals surface area contributed by atoms with Gasteiger partial charge >= 0.3 is 36.8 Å². The Bertz CT molecular complexity index is 3610. The molecule has 0 unspecified atom stereocenters. The van der Waals surface area contributed by atoms with Crippen molar-refractivity contribution in [2.24, 2.45) is 0 Å². The number of hydrogen-bond acceptors (Lipinski definition) is 15. The number of halogens is 6. The molecule has 0 saturated heterocycles. The van der Waals surface area contributed by atoms with Gasteiger partial charge in [0.2, 0.25) is 0 Å². The molecule has 0 aliphatic rings. The molecule has 2 N–H and O–H groups in total. The summed E-state index contributed by atoms with van der Waals surface area (Å²) >= 11 is 9.74. The van der Waals surface area contributed by atoms with Crippen LogP contribution in [0.4, 0.5) is 13.3 Å². The molecule has 79 heavy (non-hydrogen) atoms. The van der Waals surface area contributed by atoms with Gasteiger partial charge in [-0.25, -0.2) is 26.4 Å². The Morgan fingerprint density at radius 2 is 1.06 bits per heavy atom. The summed E-state index contributed by atoms with van der Waals surface area (Å²) in [6.45, 7) is 2.05. The van der Waals surface area contributed by atoms with Crippen LogP contribution in [0.1, 0.15) is 55.0 Å². The van der Waals surface area contributed by atoms with Crippen molar-refractivity contribution in [3.8, 4) is 5.75 Å². The van der Waals surface area contributed by atoms with Crippen LogP contribution in [0.25, 0.3) is 32.9 Å². The van der Waals surface area contributed by atoms with E-state index in [4.69, 9.17) is 23.1 Å². The van der Waals surface area contributed by atoms with Gasteiger partial charge in [-0.2, -0.15) is 8.78 Å². The largest absolute Gasteiger partial charge is 1.00 e. The SMILES string of the molecule is C.C.CCOC(=O)Cc1ccccc1O.COC(=O)c1cc(Br)c2oc(F)cc2c1.COC(=O)c1cc(Br)c2occc2c1.O=S(=O)(c1ccccc1)N(F)S(=O)(=O)c1ccccc1.OCc1cc(Br)c2oc(F)cc2c1.[B].[H-].[Li+]. The van der Waals surface area contributed by atoms with Gasteiger partial charge in [0.25, 0.3) is 32.1 Å². The Labute approximate surface area is 494 Å². The van der Waals surface area contributed by atoms with Crippen LogP contribution in [0, 0.1) is 12.0 Å². The Hall–Kier alpha value is -6.14. The predicted molar refractivity (Wildman–Crippen MR) is 299 cm³/mol. The molecule has 0 aliphatic carbocycles. The fourth-order valence-electron chi connectivity index (χ4n) is 6.32. The first-order chi connectivity index (χ1) is 35.6. The van der Waals surface area contributed by atoms with Gasteiger partial charge in [0.1, 0.15) is 11.3 Å². The molecule has 0 aliphatic heterocycles. The van der Waals surface area contributed by atoms with E-state index in [2.05, 4.69) is 57.3 Å². The van der Waals surface area contributed by atoms with Crippen LogP contribution >= 0.6 is 47.8 Å². The van der Waals surface area contributed by atoms with Crippen molar-refractivity contribution in [2.75, 3.05) is 20.8 Å². The molecule has 16 nitrogen and oxygen atoms in total. The third-order valence-corrected chi connectivity index (χ3v) is 15.2. The number of ether oxygens (including phenoxy) is 3. The molecule has 415 valence electrons. The van der Waals surface area contributed by atoms with E-state index in [1.165, 1.54) is 74.9 Å². The summed E-state index contributed by atoms with van der Waals surface area (Å²) in [5.74, 6) is -1.01. The zero-order valence-corrected chi connectivity index (χ0v) is 47.2. The number of nitrogens with zero attached hydrogens (tertiary/aromatic N) is 1. The van der Waals surface area contributed by atoms with Crippen molar-refractivity contribution < 1.29 is 102 Å². The summed E-state index contributed by atoms with van der Waals surface area (Å²) in [6, 6.07) is 32.6. The molecule has 9 aromatic rings. The number of furan rings is 3. The topological polar surface area (TPSA) is 230 Å². The standard InChI is InChI=1S/C12H10FNO4S2.C10H6BrFO3.C10H7BrO3.C10H12O3.C9H6BrFO2.2CH4.B.Li.H/c13-14(19(15,16)11-7-3-1-4-8-11)20(17,18)12-9-5-2-6-10-12;1-14-10(13)6-2-5-4-8(12)15-9(5)7(11)3-6;1-13-10(12)7-4-6-2-3-14-9(6)8(11)5-7;1-2-13-10(12)7-8-5-3-4-6-9(8)11;10-7-2-5(4-12)1-6-3-8(11)13-9(6)7;;;;;/h1-10H;2-4H,1H3;2-5H,1H3;3-6,11H,2,7H2,1H3;1-3,12H,4H2;2*1H4;;;/q;;;;;;;;+1;-1. The summed E-state index contributed by atoms with van der Waals surface area (Å²) in [7, 11) is -6.89. The van der Waals surface area contributed by atoms with E-state index in [0.29, 0.717) is 54.2 Å². The van der Waals surface area contributed by atoms with Gasteiger partial charge < -0.3 is 39.1 Å². The van der Waals surface area contributed by atoms with Crippen LogP contribution in [0.5, 0.6) is 5.75 Å². The van der Waals surface area contributed by atoms with E-state index in [-0.39, 0.29) is 74.3 Å². The van der Waals surface area contributed by atoms with Crippen LogP contribution in [-0.4, -0.2) is 78.1 Å². The van der Waals surface area contributed by atoms with Crippen molar-refractivity contribution in [3.05, 3.63) is 193 Å². The van der Waals surface area contributed by atoms with E-state index in [1.54, 1.807) is 67.8 Å². The van der Waals surface area contributed by atoms with E-state index in [0.717, 1.165) is 45.3 Å². The van der Waals surface area contributed by atoms with E-state index < -0.39 is 51.8 Å². The minimum atomic E-state index is -4.77. The van der Waals surface area contributed by atoms with E-state index in [1.807, 2.05) is 0 Å². The molecule has 0 fully saturated rings. The van der Waals surface area contributed by atoms with Crippen molar-refractivity contribution >= 4 is 127 Å². The molecule has 0 atom stereocenters. The molecule has 3 radical (unpaired) electrons. The Kier molecular flexibility index (Phi) is 29.4. The molecule has 3 heterocycles. The van der Waals surface area contributed by atoms with E-state index >= 15 is 0 Å². The smallest absolute Gasteiger partial charge is 1.00 e. The number of methoxy groups -OCH3 is 2. The monoisotopic (exact) mass is 1320 g/mol. The molecule has 6 aromatic carbocycles. The van der Waals surface area contributed by atoms with Crippen molar-refractivity contribution in [1.82, 2.24) is 3.93 Å². The number of aliphatic hydroxyl groups is 1. The number of carbonyl (C=O) groups is 3. The summed E-state index contributed by atoms with van der Waals surface area (Å²) < 4.78 is 117. The Morgan fingerprint density at radius 3 is 1.52 bits per heavy atom. The molecule has 26 heteroatoms. The zero-order chi connectivity index (χ0) is 55.0. The number of hydrogen-bond donors (Lipinski definition) is 2. The second-order valence-corrected chi connectivity index (χ2v) is 21.1. The van der Waals surface area contributed by atoms with Crippen LogP contribution in [0.15, 0.2) is 182 Å². The minimum absolute atomic E-state index is 0. The van der Waals surface area contributed by atoms with Crippen LogP contribution in [-0.2, 0) is 52.1 Å². The number of phenolic OH excluding ortho intramolecular Hbond substituents is 1. The van der Waals surface area contributed by atoms with Gasteiger partial charge in [0, 0.05) is 42.3 Å². The normalized spacial score (nSPS) is 10.4. The maximum atomic E-state index is 14.0. The number of phenols is 1. The predicted octanol–water partition coefficient (Wildman–Crippen LogP) is 10.4. The molecule has 0 bridgehead atoms. The summed E-state index contributed by atoms with van der Waals surface area (Å²) in [5, 5.41) is 20.2. The fourth-order valence-corrected chi connectivity index (χ4v) is 10.9. The molecule has 3 aromatic heterocycles. The van der Waals surface area contributed by atoms with Gasteiger partial charge in [-0.15, -0.1) is 4.48 Å². The van der Waals surface area contributed by atoms with E-state index in [9.17, 15) is 49.6 Å². The average molecular weight is 1320 g/mol. The van der Waals surface area contributed by atoms with Gasteiger partial charge in [-0.3, -0.25) is 4.79 Å². The number of sulfonamides is 2. The summed E-state index contributed by atoms with van der Waals surface area (Å²) in [4.78, 5) is 32.7. The quantitative estimate of drug-likeness (QED) is 0.0561. The number of fused-ring (bicyclic) bond motifs is 3. The van der Waals surface area contributed by atoms with Crippen LogP contribution in [0.2, 0.25) is 0 Å². The molecule has 9 rings (SSSR count). The number of para-hydroxylation sites is 1. The van der Waals surface area contributed by atoms with Crippen molar-refractivity contribution in [2.45, 2.75) is 44.6 Å². The van der Waals surface area contributed by atoms with Crippen LogP contribution in [0.3, 0.4) is 0 Å². The maximum Gasteiger partial charge on any atom is 1.00 e. The number of aliphatic hydroxyl groups excluding tert-OH is 1. The molecule has 0 saturated carbocycles. The molecule has 0 amide bonds. The van der Waals surface area contributed by atoms with Gasteiger partial charge in [-0.1, -0.05) is 69.5 Å². The first-order valence-electron chi connectivity index (χ1n) is 21.3. The number of carbonyl (C=O) groups excluding carboxylic acids is 3. The molecular formula is C53H50BBr3F3LiNO15S2. The maximum absolute atomic E-state index is 14.0. The zero-order valence-electron chi connectivity index (χ0n) is 41.8. The van der Waals surface area contributed by atoms with Crippen molar-refractivity contribution in [1.29, 1.82) is 0 Å². The second-order valence-electron chi connectivity index (χ2n) is 14.8. The first kappa shape index (κ1) is 70.9. The number of aromatic hydroxyl groups is 1. The Balaban J connectivity index is 0.000000969. The minimum Gasteiger partial charge on any atom is -1.00 e. The first-order valence-corrected chi connectivity index (χ1v) is 26.6. The third kappa shape index (κ3) is 19.0. The molecule has 0 spiro atoms. The van der Waals surface area contributed by atoms with Gasteiger partial charge in [-0.05, 0) is 133 Å². The number of esters is 3. The van der Waals surface area contributed by atoms with Crippen molar-refractivity contribution in [3.63, 3.8) is 0 Å². The summed E-state index contributed by atoms with van der Waals surface area (Å²) in [6.07, 6.45) is 1.71. The third-order valence-electron chi connectivity index (χ3n) is 9.76. The fraction of sp³-hybridized carbons (Fsp3) is 0.151. The second kappa shape index (κ2) is 32.8. The van der Waals surface area contributed by atoms with Gasteiger partial charge in [0.15, 0.2) is 11.2 Å². The number of benzene rings is 6. The van der Waals surface area contributed by atoms with Crippen LogP contribution < -0.4 is 18.9 Å². The van der Waals surface area contributed by atoms with Gasteiger partial charge in [0.05, 0.1) is 78.4 Å². The Morgan fingerprint density at radius 1 is 0.633 bits per heavy atom. The average Bonchev–Trinajstić information content (AvgIpc) is 4.16. The molecular weight excluding hydrogens is 1270 g/mol. The summed E-state index contributed by atoms with van der Waals surface area (Å²) in [5.41, 5.74) is 3.75. The number of rotatable bonds is 10.